The topological polar surface area (TPSA) is 29.5 Å². The molecule has 0 unspecified atom stereocenters. The summed E-state index contributed by atoms with van der Waals surface area (Å²) in [7, 11) is 0. The molecule has 0 saturated carbocycles. The number of hydrogen-bond donors (Lipinski definition) is 1. The molecule has 2 rings (SSSR count). The molecule has 0 aromatic heterocycles. The number of aliphatic hydroxyl groups is 1. The third-order valence-electron chi connectivity index (χ3n) is 2.79. The SMILES string of the molecule is Cc1ccc(Cl)cc1Oc1ccc(F)cc1[C@@H](C)O. The number of ether oxygens (including phenoxy) is 1. The molecule has 0 bridgehead atoms. The first-order valence-electron chi connectivity index (χ1n) is 5.89. The first-order valence-corrected chi connectivity index (χ1v) is 6.26. The van der Waals surface area contributed by atoms with Crippen LogP contribution in [0.2, 0.25) is 5.02 Å². The summed E-state index contributed by atoms with van der Waals surface area (Å²) in [6, 6.07) is 9.35. The first kappa shape index (κ1) is 13.8. The monoisotopic (exact) mass is 280 g/mol. The summed E-state index contributed by atoms with van der Waals surface area (Å²) < 4.78 is 18.9. The van der Waals surface area contributed by atoms with Crippen molar-refractivity contribution in [2.75, 3.05) is 0 Å². The Kier molecular flexibility index (Phi) is 4.08. The van der Waals surface area contributed by atoms with Crippen LogP contribution in [0.4, 0.5) is 4.39 Å². The van der Waals surface area contributed by atoms with Crippen LogP contribution in [0.15, 0.2) is 36.4 Å². The van der Waals surface area contributed by atoms with E-state index in [1.165, 1.54) is 18.2 Å². The molecular weight excluding hydrogens is 267 g/mol. The van der Waals surface area contributed by atoms with Gasteiger partial charge in [0.25, 0.3) is 0 Å². The Labute approximate surface area is 116 Å². The summed E-state index contributed by atoms with van der Waals surface area (Å²) >= 11 is 5.92. The van der Waals surface area contributed by atoms with Crippen LogP contribution in [-0.2, 0) is 0 Å². The number of aryl methyl sites for hydroxylation is 1. The van der Waals surface area contributed by atoms with Crippen LogP contribution in [0.25, 0.3) is 0 Å². The van der Waals surface area contributed by atoms with E-state index in [9.17, 15) is 9.50 Å². The predicted molar refractivity (Wildman–Crippen MR) is 73.3 cm³/mol. The average molecular weight is 281 g/mol. The third-order valence-corrected chi connectivity index (χ3v) is 3.03. The molecule has 2 nitrogen and oxygen atoms in total. The molecule has 0 spiro atoms. The molecule has 0 radical (unpaired) electrons. The maximum absolute atomic E-state index is 13.2. The van der Waals surface area contributed by atoms with E-state index in [2.05, 4.69) is 0 Å². The van der Waals surface area contributed by atoms with Crippen molar-refractivity contribution in [2.45, 2.75) is 20.0 Å². The normalized spacial score (nSPS) is 12.3. The molecule has 0 aliphatic rings. The van der Waals surface area contributed by atoms with Crippen molar-refractivity contribution in [1.82, 2.24) is 0 Å². The van der Waals surface area contributed by atoms with Gasteiger partial charge in [-0.25, -0.2) is 4.39 Å². The Morgan fingerprint density at radius 3 is 2.58 bits per heavy atom. The molecule has 0 amide bonds. The van der Waals surface area contributed by atoms with Gasteiger partial charge in [0, 0.05) is 10.6 Å². The van der Waals surface area contributed by atoms with Crippen molar-refractivity contribution in [3.8, 4) is 11.5 Å². The lowest BCUT2D eigenvalue weighted by Crippen LogP contribution is -1.98. The number of aliphatic hydroxyl groups excluding tert-OH is 1. The van der Waals surface area contributed by atoms with Crippen molar-refractivity contribution < 1.29 is 14.2 Å². The van der Waals surface area contributed by atoms with Gasteiger partial charge in [0.05, 0.1) is 6.10 Å². The van der Waals surface area contributed by atoms with Crippen LogP contribution in [-0.4, -0.2) is 5.11 Å². The Hall–Kier alpha value is -1.58. The molecule has 0 saturated heterocycles. The van der Waals surface area contributed by atoms with Crippen LogP contribution >= 0.6 is 11.6 Å². The molecule has 19 heavy (non-hydrogen) atoms. The van der Waals surface area contributed by atoms with E-state index in [1.807, 2.05) is 13.0 Å². The lowest BCUT2D eigenvalue weighted by atomic mass is 10.1. The van der Waals surface area contributed by atoms with Gasteiger partial charge in [0.2, 0.25) is 0 Å². The predicted octanol–water partition coefficient (Wildman–Crippen LogP) is 4.63. The number of halogens is 2. The van der Waals surface area contributed by atoms with Crippen LogP contribution in [0.3, 0.4) is 0 Å². The molecule has 2 aromatic carbocycles. The fourth-order valence-electron chi connectivity index (χ4n) is 1.74. The zero-order valence-corrected chi connectivity index (χ0v) is 11.4. The average Bonchev–Trinajstić information content (AvgIpc) is 2.35. The summed E-state index contributed by atoms with van der Waals surface area (Å²) in [4.78, 5) is 0. The first-order chi connectivity index (χ1) is 8.97. The lowest BCUT2D eigenvalue weighted by Gasteiger charge is -2.14. The van der Waals surface area contributed by atoms with Gasteiger partial charge in [-0.3, -0.25) is 0 Å². The molecule has 0 fully saturated rings. The van der Waals surface area contributed by atoms with E-state index in [1.54, 1.807) is 19.1 Å². The van der Waals surface area contributed by atoms with Gasteiger partial charge in [0.1, 0.15) is 17.3 Å². The molecule has 0 aliphatic carbocycles. The summed E-state index contributed by atoms with van der Waals surface area (Å²) in [5.41, 5.74) is 1.31. The van der Waals surface area contributed by atoms with Crippen molar-refractivity contribution in [3.63, 3.8) is 0 Å². The molecule has 1 atom stereocenters. The molecule has 0 heterocycles. The highest BCUT2D eigenvalue weighted by Gasteiger charge is 2.12. The smallest absolute Gasteiger partial charge is 0.133 e. The standard InChI is InChI=1S/C15H14ClFO2/c1-9-3-4-11(16)7-15(9)19-14-6-5-12(17)8-13(14)10(2)18/h3-8,10,18H,1-2H3/t10-/m1/s1. The Morgan fingerprint density at radius 1 is 1.16 bits per heavy atom. The van der Waals surface area contributed by atoms with Crippen molar-refractivity contribution >= 4 is 11.6 Å². The largest absolute Gasteiger partial charge is 0.457 e. The summed E-state index contributed by atoms with van der Waals surface area (Å²) in [5.74, 6) is 0.592. The van der Waals surface area contributed by atoms with Crippen molar-refractivity contribution in [2.24, 2.45) is 0 Å². The highest BCUT2D eigenvalue weighted by molar-refractivity contribution is 6.30. The van der Waals surface area contributed by atoms with Gasteiger partial charge < -0.3 is 9.84 Å². The minimum absolute atomic E-state index is 0.402. The van der Waals surface area contributed by atoms with Crippen LogP contribution in [0, 0.1) is 12.7 Å². The fraction of sp³-hybridized carbons (Fsp3) is 0.200. The lowest BCUT2D eigenvalue weighted by molar-refractivity contribution is 0.195. The van der Waals surface area contributed by atoms with Crippen molar-refractivity contribution in [1.29, 1.82) is 0 Å². The summed E-state index contributed by atoms with van der Waals surface area (Å²) in [6.45, 7) is 3.45. The zero-order valence-electron chi connectivity index (χ0n) is 10.7. The second kappa shape index (κ2) is 5.59. The summed E-state index contributed by atoms with van der Waals surface area (Å²) in [6.07, 6.45) is -0.815. The van der Waals surface area contributed by atoms with E-state index >= 15 is 0 Å². The van der Waals surface area contributed by atoms with Crippen LogP contribution in [0.5, 0.6) is 11.5 Å². The zero-order chi connectivity index (χ0) is 14.0. The molecule has 1 N–H and O–H groups in total. The maximum Gasteiger partial charge on any atom is 0.133 e. The van der Waals surface area contributed by atoms with E-state index in [-0.39, 0.29) is 0 Å². The van der Waals surface area contributed by atoms with Crippen LogP contribution in [0.1, 0.15) is 24.2 Å². The highest BCUT2D eigenvalue weighted by Crippen LogP contribution is 2.33. The quantitative estimate of drug-likeness (QED) is 0.888. The molecule has 100 valence electrons. The van der Waals surface area contributed by atoms with Gasteiger partial charge in [0.15, 0.2) is 0 Å². The number of hydrogen-bond acceptors (Lipinski definition) is 2. The molecule has 0 aliphatic heterocycles. The molecular formula is C15H14ClFO2. The Balaban J connectivity index is 2.40. The fourth-order valence-corrected chi connectivity index (χ4v) is 1.90. The Morgan fingerprint density at radius 2 is 1.89 bits per heavy atom. The second-order valence-corrected chi connectivity index (χ2v) is 4.81. The number of benzene rings is 2. The van der Waals surface area contributed by atoms with Crippen LogP contribution < -0.4 is 4.74 Å². The molecule has 4 heteroatoms. The van der Waals surface area contributed by atoms with Gasteiger partial charge in [-0.1, -0.05) is 17.7 Å². The maximum atomic E-state index is 13.2. The van der Waals surface area contributed by atoms with E-state index in [0.29, 0.717) is 22.1 Å². The third kappa shape index (κ3) is 3.25. The van der Waals surface area contributed by atoms with Gasteiger partial charge >= 0.3 is 0 Å². The molecule has 2 aromatic rings. The Bertz CT molecular complexity index is 597. The minimum atomic E-state index is -0.815. The van der Waals surface area contributed by atoms with Crippen molar-refractivity contribution in [3.05, 3.63) is 58.4 Å². The van der Waals surface area contributed by atoms with Gasteiger partial charge in [-0.05, 0) is 49.7 Å². The summed E-state index contributed by atoms with van der Waals surface area (Å²) in [5, 5.41) is 10.2. The van der Waals surface area contributed by atoms with Gasteiger partial charge in [-0.15, -0.1) is 0 Å². The minimum Gasteiger partial charge on any atom is -0.457 e. The van der Waals surface area contributed by atoms with E-state index in [0.717, 1.165) is 5.56 Å². The highest BCUT2D eigenvalue weighted by atomic mass is 35.5. The van der Waals surface area contributed by atoms with E-state index in [4.69, 9.17) is 16.3 Å². The van der Waals surface area contributed by atoms with E-state index < -0.39 is 11.9 Å². The second-order valence-electron chi connectivity index (χ2n) is 4.37. The number of rotatable bonds is 3. The van der Waals surface area contributed by atoms with Gasteiger partial charge in [-0.2, -0.15) is 0 Å².